The van der Waals surface area contributed by atoms with Gasteiger partial charge in [0.05, 0.1) is 11.2 Å². The minimum Gasteiger partial charge on any atom is -0.399 e. The van der Waals surface area contributed by atoms with Gasteiger partial charge in [0.25, 0.3) is 0 Å². The SMILES string of the molecule is Cc1cc(NC(=O)Nc2ccc(B3OC(C)(C)C(C)(C)O3)cc2)ccc1F. The summed E-state index contributed by atoms with van der Waals surface area (Å²) in [6.45, 7) is 9.66. The number of aryl methyl sites for hydroxylation is 1. The van der Waals surface area contributed by atoms with Crippen LogP contribution in [0, 0.1) is 12.7 Å². The second-order valence-electron chi connectivity index (χ2n) is 7.75. The Bertz CT molecular complexity index is 837. The molecule has 1 aliphatic heterocycles. The fraction of sp³-hybridized carbons (Fsp3) is 0.350. The van der Waals surface area contributed by atoms with E-state index in [0.29, 0.717) is 16.9 Å². The number of halogens is 1. The lowest BCUT2D eigenvalue weighted by Gasteiger charge is -2.32. The van der Waals surface area contributed by atoms with Crippen molar-refractivity contribution in [3.05, 3.63) is 53.8 Å². The Balaban J connectivity index is 1.62. The van der Waals surface area contributed by atoms with Gasteiger partial charge in [-0.25, -0.2) is 9.18 Å². The fourth-order valence-corrected chi connectivity index (χ4v) is 2.72. The van der Waals surface area contributed by atoms with Crippen molar-refractivity contribution >= 4 is 30.0 Å². The van der Waals surface area contributed by atoms with Crippen LogP contribution in [0.3, 0.4) is 0 Å². The average Bonchev–Trinajstić information content (AvgIpc) is 2.79. The summed E-state index contributed by atoms with van der Waals surface area (Å²) in [7, 11) is -0.444. The van der Waals surface area contributed by atoms with Gasteiger partial charge in [0.15, 0.2) is 0 Å². The minimum atomic E-state index is -0.444. The van der Waals surface area contributed by atoms with Gasteiger partial charge in [-0.15, -0.1) is 0 Å². The summed E-state index contributed by atoms with van der Waals surface area (Å²) < 4.78 is 25.3. The maximum absolute atomic E-state index is 13.3. The second-order valence-corrected chi connectivity index (χ2v) is 7.75. The molecule has 0 radical (unpaired) electrons. The molecule has 0 saturated carbocycles. The van der Waals surface area contributed by atoms with E-state index in [1.807, 2.05) is 39.8 Å². The number of carbonyl (C=O) groups excluding carboxylic acids is 1. The van der Waals surface area contributed by atoms with Crippen molar-refractivity contribution in [2.45, 2.75) is 45.8 Å². The molecule has 1 heterocycles. The van der Waals surface area contributed by atoms with Crippen LogP contribution in [0.25, 0.3) is 0 Å². The summed E-state index contributed by atoms with van der Waals surface area (Å²) in [6, 6.07) is 11.3. The molecular weight excluding hydrogens is 346 g/mol. The molecule has 1 fully saturated rings. The first-order valence-corrected chi connectivity index (χ1v) is 8.87. The molecule has 0 spiro atoms. The minimum absolute atomic E-state index is 0.306. The molecule has 1 saturated heterocycles. The van der Waals surface area contributed by atoms with Crippen molar-refractivity contribution < 1.29 is 18.5 Å². The van der Waals surface area contributed by atoms with Crippen LogP contribution in [0.2, 0.25) is 0 Å². The van der Waals surface area contributed by atoms with E-state index >= 15 is 0 Å². The molecule has 0 unspecified atom stereocenters. The second kappa shape index (κ2) is 6.98. The molecule has 1 aliphatic rings. The van der Waals surface area contributed by atoms with Crippen LogP contribution < -0.4 is 16.1 Å². The average molecular weight is 370 g/mol. The zero-order chi connectivity index (χ0) is 19.8. The van der Waals surface area contributed by atoms with Crippen molar-refractivity contribution in [2.75, 3.05) is 10.6 Å². The summed E-state index contributed by atoms with van der Waals surface area (Å²) in [5.41, 5.74) is 1.71. The predicted octanol–water partition coefficient (Wildman–Crippen LogP) is 4.08. The van der Waals surface area contributed by atoms with Gasteiger partial charge in [0, 0.05) is 11.4 Å². The Kier molecular flexibility index (Phi) is 5.01. The van der Waals surface area contributed by atoms with E-state index in [1.165, 1.54) is 12.1 Å². The topological polar surface area (TPSA) is 59.6 Å². The quantitative estimate of drug-likeness (QED) is 0.801. The lowest BCUT2D eigenvalue weighted by molar-refractivity contribution is 0.00578. The number of hydrogen-bond donors (Lipinski definition) is 2. The third-order valence-corrected chi connectivity index (χ3v) is 5.11. The van der Waals surface area contributed by atoms with Crippen molar-refractivity contribution in [1.29, 1.82) is 0 Å². The van der Waals surface area contributed by atoms with E-state index in [0.717, 1.165) is 5.46 Å². The van der Waals surface area contributed by atoms with Crippen molar-refractivity contribution in [2.24, 2.45) is 0 Å². The third-order valence-electron chi connectivity index (χ3n) is 5.11. The zero-order valence-corrected chi connectivity index (χ0v) is 16.2. The summed E-state index contributed by atoms with van der Waals surface area (Å²) >= 11 is 0. The molecule has 2 aromatic carbocycles. The molecule has 7 heteroatoms. The molecule has 27 heavy (non-hydrogen) atoms. The molecule has 2 amide bonds. The zero-order valence-electron chi connectivity index (χ0n) is 16.2. The van der Waals surface area contributed by atoms with Crippen molar-refractivity contribution in [3.63, 3.8) is 0 Å². The molecule has 2 aromatic rings. The largest absolute Gasteiger partial charge is 0.494 e. The Labute approximate surface area is 159 Å². The highest BCUT2D eigenvalue weighted by Gasteiger charge is 2.51. The Morgan fingerprint density at radius 3 is 2.00 bits per heavy atom. The van der Waals surface area contributed by atoms with Gasteiger partial charge >= 0.3 is 13.1 Å². The van der Waals surface area contributed by atoms with Crippen molar-refractivity contribution in [1.82, 2.24) is 0 Å². The first-order valence-electron chi connectivity index (χ1n) is 8.87. The Hall–Kier alpha value is -2.38. The number of urea groups is 1. The van der Waals surface area contributed by atoms with Gasteiger partial charge in [-0.2, -0.15) is 0 Å². The van der Waals surface area contributed by atoms with E-state index in [9.17, 15) is 9.18 Å². The molecule has 5 nitrogen and oxygen atoms in total. The number of benzene rings is 2. The molecule has 0 atom stereocenters. The van der Waals surface area contributed by atoms with E-state index in [1.54, 1.807) is 25.1 Å². The highest BCUT2D eigenvalue weighted by molar-refractivity contribution is 6.62. The summed E-state index contributed by atoms with van der Waals surface area (Å²) in [5.74, 6) is -0.306. The normalized spacial score (nSPS) is 17.6. The summed E-state index contributed by atoms with van der Waals surface area (Å²) in [4.78, 5) is 12.1. The number of nitrogens with one attached hydrogen (secondary N) is 2. The maximum Gasteiger partial charge on any atom is 0.494 e. The van der Waals surface area contributed by atoms with Crippen LogP contribution in [0.15, 0.2) is 42.5 Å². The number of hydrogen-bond acceptors (Lipinski definition) is 3. The van der Waals surface area contributed by atoms with Crippen LogP contribution in [0.4, 0.5) is 20.6 Å². The summed E-state index contributed by atoms with van der Waals surface area (Å²) in [6.07, 6.45) is 0. The maximum atomic E-state index is 13.3. The first kappa shape index (κ1) is 19.4. The Morgan fingerprint density at radius 1 is 0.926 bits per heavy atom. The van der Waals surface area contributed by atoms with Gasteiger partial charge in [0.2, 0.25) is 0 Å². The third kappa shape index (κ3) is 4.15. The number of amides is 2. The van der Waals surface area contributed by atoms with Crippen LogP contribution in [-0.2, 0) is 9.31 Å². The predicted molar refractivity (Wildman–Crippen MR) is 106 cm³/mol. The van der Waals surface area contributed by atoms with E-state index < -0.39 is 24.4 Å². The molecule has 0 bridgehead atoms. The van der Waals surface area contributed by atoms with Crippen LogP contribution in [0.1, 0.15) is 33.3 Å². The first-order chi connectivity index (χ1) is 12.6. The van der Waals surface area contributed by atoms with Crippen LogP contribution in [-0.4, -0.2) is 24.4 Å². The smallest absolute Gasteiger partial charge is 0.399 e. The van der Waals surface area contributed by atoms with E-state index in [-0.39, 0.29) is 5.82 Å². The lowest BCUT2D eigenvalue weighted by atomic mass is 9.79. The molecule has 0 aromatic heterocycles. The lowest BCUT2D eigenvalue weighted by Crippen LogP contribution is -2.41. The number of rotatable bonds is 3. The number of anilines is 2. The summed E-state index contributed by atoms with van der Waals surface area (Å²) in [5, 5.41) is 5.43. The highest BCUT2D eigenvalue weighted by atomic mass is 19.1. The Morgan fingerprint density at radius 2 is 1.44 bits per heavy atom. The molecule has 0 aliphatic carbocycles. The van der Waals surface area contributed by atoms with Gasteiger partial charge in [0.1, 0.15) is 5.82 Å². The van der Waals surface area contributed by atoms with E-state index in [4.69, 9.17) is 9.31 Å². The van der Waals surface area contributed by atoms with Gasteiger partial charge in [-0.05, 0) is 76.0 Å². The molecule has 142 valence electrons. The highest BCUT2D eigenvalue weighted by Crippen LogP contribution is 2.36. The molecule has 2 N–H and O–H groups in total. The fourth-order valence-electron chi connectivity index (χ4n) is 2.72. The van der Waals surface area contributed by atoms with Crippen LogP contribution >= 0.6 is 0 Å². The van der Waals surface area contributed by atoms with Crippen molar-refractivity contribution in [3.8, 4) is 0 Å². The van der Waals surface area contributed by atoms with Gasteiger partial charge in [-0.3, -0.25) is 0 Å². The number of carbonyl (C=O) groups is 1. The standard InChI is InChI=1S/C20H24BFN2O3/c1-13-12-16(10-11-17(13)22)24-18(25)23-15-8-6-14(7-9-15)21-26-19(2,3)20(4,5)27-21/h6-12H,1-5H3,(H2,23,24,25). The van der Waals surface area contributed by atoms with Crippen LogP contribution in [0.5, 0.6) is 0 Å². The van der Waals surface area contributed by atoms with E-state index in [2.05, 4.69) is 10.6 Å². The van der Waals surface area contributed by atoms with Gasteiger partial charge in [-0.1, -0.05) is 12.1 Å². The van der Waals surface area contributed by atoms with Gasteiger partial charge < -0.3 is 19.9 Å². The molecular formula is C20H24BFN2O3. The monoisotopic (exact) mass is 370 g/mol. The molecule has 3 rings (SSSR count).